The number of hydrogen-bond donors (Lipinski definition) is 1. The number of aldehydes is 1. The van der Waals surface area contributed by atoms with Gasteiger partial charge in [-0.05, 0) is 51.4 Å². The van der Waals surface area contributed by atoms with E-state index in [2.05, 4.69) is 16.3 Å². The average molecular weight is 274 g/mol. The minimum absolute atomic E-state index is 0.0153. The molecule has 0 bridgehead atoms. The number of aryl methyl sites for hydroxylation is 2. The molecule has 1 fully saturated rings. The van der Waals surface area contributed by atoms with Gasteiger partial charge in [-0.3, -0.25) is 9.69 Å². The maximum Gasteiger partial charge on any atom is 0.238 e. The maximum atomic E-state index is 12.0. The van der Waals surface area contributed by atoms with Crippen LogP contribution in [0.25, 0.3) is 0 Å². The van der Waals surface area contributed by atoms with Crippen LogP contribution in [0.4, 0.5) is 5.69 Å². The van der Waals surface area contributed by atoms with Crippen molar-refractivity contribution in [3.05, 3.63) is 29.3 Å². The minimum atomic E-state index is 0.0153. The topological polar surface area (TPSA) is 49.4 Å². The van der Waals surface area contributed by atoms with Crippen molar-refractivity contribution in [1.29, 1.82) is 0 Å². The van der Waals surface area contributed by atoms with E-state index < -0.39 is 0 Å². The fourth-order valence-electron chi connectivity index (χ4n) is 2.59. The number of hydrogen-bond acceptors (Lipinski definition) is 3. The summed E-state index contributed by atoms with van der Waals surface area (Å²) in [6, 6.07) is 6.00. The molecule has 0 aromatic heterocycles. The summed E-state index contributed by atoms with van der Waals surface area (Å²) in [5, 5.41) is 2.96. The Morgan fingerprint density at radius 3 is 2.65 bits per heavy atom. The Hall–Kier alpha value is -1.68. The third kappa shape index (κ3) is 3.90. The third-order valence-electron chi connectivity index (χ3n) is 3.85. The normalized spacial score (nSPS) is 16.9. The van der Waals surface area contributed by atoms with E-state index in [0.717, 1.165) is 43.5 Å². The van der Waals surface area contributed by atoms with Crippen LogP contribution in [0.2, 0.25) is 0 Å². The van der Waals surface area contributed by atoms with E-state index in [4.69, 9.17) is 0 Å². The molecule has 0 radical (unpaired) electrons. The second kappa shape index (κ2) is 6.66. The zero-order valence-electron chi connectivity index (χ0n) is 12.2. The van der Waals surface area contributed by atoms with E-state index in [1.165, 1.54) is 5.56 Å². The summed E-state index contributed by atoms with van der Waals surface area (Å²) < 4.78 is 0. The molecule has 1 N–H and O–H groups in total. The zero-order chi connectivity index (χ0) is 14.5. The molecule has 20 heavy (non-hydrogen) atoms. The van der Waals surface area contributed by atoms with E-state index >= 15 is 0 Å². The number of nitrogens with zero attached hydrogens (tertiary/aromatic N) is 1. The lowest BCUT2D eigenvalue weighted by atomic mass is 9.99. The monoisotopic (exact) mass is 274 g/mol. The first-order valence-corrected chi connectivity index (χ1v) is 7.13. The Morgan fingerprint density at radius 2 is 2.05 bits per heavy atom. The molecule has 1 aromatic carbocycles. The molecule has 1 aliphatic heterocycles. The van der Waals surface area contributed by atoms with Gasteiger partial charge in [0, 0.05) is 11.6 Å². The molecule has 0 spiro atoms. The van der Waals surface area contributed by atoms with Gasteiger partial charge in [0.15, 0.2) is 0 Å². The Morgan fingerprint density at radius 1 is 1.35 bits per heavy atom. The van der Waals surface area contributed by atoms with Crippen LogP contribution in [0.3, 0.4) is 0 Å². The fraction of sp³-hybridized carbons (Fsp3) is 0.500. The molecule has 1 aromatic rings. The van der Waals surface area contributed by atoms with Crippen LogP contribution in [-0.2, 0) is 9.59 Å². The van der Waals surface area contributed by atoms with Gasteiger partial charge in [0.05, 0.1) is 6.54 Å². The Balaban J connectivity index is 1.85. The number of rotatable bonds is 4. The van der Waals surface area contributed by atoms with Gasteiger partial charge in [-0.25, -0.2) is 0 Å². The van der Waals surface area contributed by atoms with Crippen molar-refractivity contribution in [2.75, 3.05) is 25.0 Å². The summed E-state index contributed by atoms with van der Waals surface area (Å²) >= 11 is 0. The number of carbonyl (C=O) groups is 2. The summed E-state index contributed by atoms with van der Waals surface area (Å²) in [4.78, 5) is 24.9. The van der Waals surface area contributed by atoms with Gasteiger partial charge in [0.1, 0.15) is 6.29 Å². The molecule has 0 unspecified atom stereocenters. The number of piperidine rings is 1. The maximum absolute atomic E-state index is 12.0. The van der Waals surface area contributed by atoms with Crippen LogP contribution in [0.1, 0.15) is 24.0 Å². The van der Waals surface area contributed by atoms with Gasteiger partial charge in [0.2, 0.25) is 5.91 Å². The number of amides is 1. The summed E-state index contributed by atoms with van der Waals surface area (Å²) in [5.41, 5.74) is 3.15. The molecule has 0 atom stereocenters. The van der Waals surface area contributed by atoms with Crippen LogP contribution in [0.15, 0.2) is 18.2 Å². The van der Waals surface area contributed by atoms with E-state index in [-0.39, 0.29) is 11.8 Å². The molecule has 1 heterocycles. The predicted octanol–water partition coefficient (Wildman–Crippen LogP) is 2.15. The van der Waals surface area contributed by atoms with Gasteiger partial charge in [0.25, 0.3) is 0 Å². The highest BCUT2D eigenvalue weighted by molar-refractivity contribution is 5.93. The molecular weight excluding hydrogens is 252 g/mol. The van der Waals surface area contributed by atoms with Gasteiger partial charge < -0.3 is 10.1 Å². The van der Waals surface area contributed by atoms with Crippen LogP contribution in [-0.4, -0.2) is 36.7 Å². The lowest BCUT2D eigenvalue weighted by Gasteiger charge is -2.28. The summed E-state index contributed by atoms with van der Waals surface area (Å²) in [7, 11) is 0. The first-order chi connectivity index (χ1) is 9.58. The smallest absolute Gasteiger partial charge is 0.238 e. The SMILES string of the molecule is Cc1ccc(NC(=O)CN2CCC(C=O)CC2)c(C)c1. The van der Waals surface area contributed by atoms with Gasteiger partial charge in [-0.2, -0.15) is 0 Å². The Kier molecular flexibility index (Phi) is 4.90. The quantitative estimate of drug-likeness (QED) is 0.856. The number of benzene rings is 1. The van der Waals surface area contributed by atoms with E-state index in [9.17, 15) is 9.59 Å². The molecule has 1 aliphatic rings. The highest BCUT2D eigenvalue weighted by Crippen LogP contribution is 2.17. The minimum Gasteiger partial charge on any atom is -0.325 e. The van der Waals surface area contributed by atoms with Gasteiger partial charge in [-0.15, -0.1) is 0 Å². The molecule has 0 aliphatic carbocycles. The van der Waals surface area contributed by atoms with Crippen molar-refractivity contribution in [3.8, 4) is 0 Å². The summed E-state index contributed by atoms with van der Waals surface area (Å²) in [5.74, 6) is 0.190. The van der Waals surface area contributed by atoms with Crippen LogP contribution in [0.5, 0.6) is 0 Å². The van der Waals surface area contributed by atoms with E-state index in [1.54, 1.807) is 0 Å². The van der Waals surface area contributed by atoms with Crippen LogP contribution >= 0.6 is 0 Å². The Bertz CT molecular complexity index is 491. The van der Waals surface area contributed by atoms with Crippen molar-refractivity contribution in [2.45, 2.75) is 26.7 Å². The molecule has 4 nitrogen and oxygen atoms in total. The summed E-state index contributed by atoms with van der Waals surface area (Å²) in [6.45, 7) is 6.08. The first-order valence-electron chi connectivity index (χ1n) is 7.13. The van der Waals surface area contributed by atoms with Crippen LogP contribution < -0.4 is 5.32 Å². The average Bonchev–Trinajstić information content (AvgIpc) is 2.43. The summed E-state index contributed by atoms with van der Waals surface area (Å²) in [6.07, 6.45) is 2.76. The van der Waals surface area contributed by atoms with Crippen molar-refractivity contribution in [1.82, 2.24) is 4.90 Å². The number of nitrogens with one attached hydrogen (secondary N) is 1. The number of likely N-dealkylation sites (tertiary alicyclic amines) is 1. The van der Waals surface area contributed by atoms with Crippen molar-refractivity contribution >= 4 is 17.9 Å². The number of carbonyl (C=O) groups excluding carboxylic acids is 2. The molecule has 2 rings (SSSR count). The molecule has 4 heteroatoms. The predicted molar refractivity (Wildman–Crippen MR) is 79.8 cm³/mol. The van der Waals surface area contributed by atoms with Crippen molar-refractivity contribution in [3.63, 3.8) is 0 Å². The van der Waals surface area contributed by atoms with E-state index in [0.29, 0.717) is 6.54 Å². The van der Waals surface area contributed by atoms with Gasteiger partial charge >= 0.3 is 0 Å². The molecule has 1 saturated heterocycles. The third-order valence-corrected chi connectivity index (χ3v) is 3.85. The lowest BCUT2D eigenvalue weighted by Crippen LogP contribution is -2.39. The standard InChI is InChI=1S/C16H22N2O2/c1-12-3-4-15(13(2)9-12)17-16(20)10-18-7-5-14(11-19)6-8-18/h3-4,9,11,14H,5-8,10H2,1-2H3,(H,17,20). The van der Waals surface area contributed by atoms with Crippen molar-refractivity contribution < 1.29 is 9.59 Å². The molecule has 0 saturated carbocycles. The second-order valence-corrected chi connectivity index (χ2v) is 5.62. The molecular formula is C16H22N2O2. The second-order valence-electron chi connectivity index (χ2n) is 5.62. The molecule has 108 valence electrons. The largest absolute Gasteiger partial charge is 0.325 e. The fourth-order valence-corrected chi connectivity index (χ4v) is 2.59. The van der Waals surface area contributed by atoms with Crippen LogP contribution in [0, 0.1) is 19.8 Å². The highest BCUT2D eigenvalue weighted by atomic mass is 16.2. The van der Waals surface area contributed by atoms with Crippen molar-refractivity contribution in [2.24, 2.45) is 5.92 Å². The Labute approximate surface area is 120 Å². The van der Waals surface area contributed by atoms with Gasteiger partial charge in [-0.1, -0.05) is 17.7 Å². The molecule has 1 amide bonds. The lowest BCUT2D eigenvalue weighted by molar-refractivity contribution is -0.117. The first kappa shape index (κ1) is 14.7. The highest BCUT2D eigenvalue weighted by Gasteiger charge is 2.20. The number of anilines is 1. The van der Waals surface area contributed by atoms with E-state index in [1.807, 2.05) is 26.0 Å². The zero-order valence-corrected chi connectivity index (χ0v) is 12.2.